The van der Waals surface area contributed by atoms with E-state index in [0.717, 1.165) is 45.3 Å². The molecule has 34 heavy (non-hydrogen) atoms. The van der Waals surface area contributed by atoms with Crippen molar-refractivity contribution in [3.05, 3.63) is 69.9 Å². The second-order valence-electron chi connectivity index (χ2n) is 9.36. The molecule has 2 aromatic carbocycles. The topological polar surface area (TPSA) is 71.5 Å². The van der Waals surface area contributed by atoms with Gasteiger partial charge in [-0.1, -0.05) is 29.8 Å². The predicted molar refractivity (Wildman–Crippen MR) is 134 cm³/mol. The van der Waals surface area contributed by atoms with E-state index in [1.807, 2.05) is 36.9 Å². The Bertz CT molecular complexity index is 1270. The summed E-state index contributed by atoms with van der Waals surface area (Å²) in [6.45, 7) is 7.07. The van der Waals surface area contributed by atoms with E-state index >= 15 is 0 Å². The van der Waals surface area contributed by atoms with Crippen molar-refractivity contribution in [2.45, 2.75) is 33.2 Å². The number of aromatic nitrogens is 1. The van der Waals surface area contributed by atoms with Gasteiger partial charge in [0, 0.05) is 18.7 Å². The maximum atomic E-state index is 13.7. The van der Waals surface area contributed by atoms with E-state index in [4.69, 9.17) is 4.74 Å². The number of rotatable bonds is 6. The van der Waals surface area contributed by atoms with Crippen LogP contribution in [0.3, 0.4) is 0 Å². The third-order valence-corrected chi connectivity index (χ3v) is 7.95. The highest BCUT2D eigenvalue weighted by atomic mass is 32.1. The van der Waals surface area contributed by atoms with E-state index in [0.29, 0.717) is 29.6 Å². The second-order valence-corrected chi connectivity index (χ2v) is 10.6. The zero-order chi connectivity index (χ0) is 24.0. The van der Waals surface area contributed by atoms with Crippen molar-refractivity contribution < 1.29 is 14.3 Å². The number of methoxy groups -OCH3 is 1. The lowest BCUT2D eigenvalue weighted by molar-refractivity contribution is 0.0690. The number of thiazole rings is 1. The highest BCUT2D eigenvalue weighted by Gasteiger charge is 2.54. The first kappa shape index (κ1) is 22.6. The molecule has 1 saturated heterocycles. The van der Waals surface area contributed by atoms with Crippen LogP contribution in [0.4, 0.5) is 0 Å². The molecule has 1 N–H and O–H groups in total. The van der Waals surface area contributed by atoms with Crippen molar-refractivity contribution in [2.24, 2.45) is 11.8 Å². The molecular weight excluding hydrogens is 446 g/mol. The number of hydrogen-bond donors (Lipinski definition) is 1. The second kappa shape index (κ2) is 8.87. The normalized spacial score (nSPS) is 20.7. The number of aryl methyl sites for hydroxylation is 3. The van der Waals surface area contributed by atoms with Crippen LogP contribution in [0.5, 0.6) is 5.75 Å². The average molecular weight is 476 g/mol. The molecule has 1 aliphatic carbocycles. The van der Waals surface area contributed by atoms with Gasteiger partial charge in [-0.2, -0.15) is 0 Å². The quantitative estimate of drug-likeness (QED) is 0.564. The number of benzene rings is 2. The Hall–Kier alpha value is -3.19. The summed E-state index contributed by atoms with van der Waals surface area (Å²) in [5.74, 6) is 1.54. The van der Waals surface area contributed by atoms with Crippen molar-refractivity contribution >= 4 is 23.2 Å². The van der Waals surface area contributed by atoms with Gasteiger partial charge in [-0.25, -0.2) is 4.98 Å². The molecule has 0 spiro atoms. The smallest absolute Gasteiger partial charge is 0.274 e. The van der Waals surface area contributed by atoms with Crippen LogP contribution in [-0.2, 0) is 0 Å². The Labute approximate surface area is 204 Å². The van der Waals surface area contributed by atoms with Gasteiger partial charge in [-0.15, -0.1) is 11.3 Å². The summed E-state index contributed by atoms with van der Waals surface area (Å²) in [6, 6.07) is 13.6. The van der Waals surface area contributed by atoms with Crippen molar-refractivity contribution in [1.82, 2.24) is 15.2 Å². The van der Waals surface area contributed by atoms with Gasteiger partial charge in [0.25, 0.3) is 11.8 Å². The van der Waals surface area contributed by atoms with Crippen LogP contribution in [0, 0.1) is 32.6 Å². The molecule has 1 aromatic heterocycles. The lowest BCUT2D eigenvalue weighted by Crippen LogP contribution is -2.45. The van der Waals surface area contributed by atoms with Crippen LogP contribution in [0.25, 0.3) is 10.4 Å². The van der Waals surface area contributed by atoms with Crippen molar-refractivity contribution in [3.8, 4) is 16.2 Å². The molecule has 1 saturated carbocycles. The van der Waals surface area contributed by atoms with Gasteiger partial charge in [0.15, 0.2) is 0 Å². The maximum absolute atomic E-state index is 13.7. The summed E-state index contributed by atoms with van der Waals surface area (Å²) in [6.07, 6.45) is 1.12. The summed E-state index contributed by atoms with van der Waals surface area (Å²) in [5, 5.41) is 3.96. The molecular formula is C27H29N3O3S. The number of nitrogens with zero attached hydrogens (tertiary/aromatic N) is 2. The Balaban J connectivity index is 1.34. The minimum Gasteiger partial charge on any atom is -0.497 e. The summed E-state index contributed by atoms with van der Waals surface area (Å²) in [7, 11) is 1.61. The lowest BCUT2D eigenvalue weighted by atomic mass is 10.1. The molecule has 2 heterocycles. The monoisotopic (exact) mass is 475 g/mol. The van der Waals surface area contributed by atoms with Crippen LogP contribution in [0.1, 0.15) is 43.4 Å². The van der Waals surface area contributed by atoms with Gasteiger partial charge in [0.2, 0.25) is 0 Å². The molecule has 2 fully saturated rings. The molecule has 7 heteroatoms. The average Bonchev–Trinajstić information content (AvgIpc) is 3.33. The number of nitrogens with one attached hydrogen (secondary N) is 1. The van der Waals surface area contributed by atoms with Gasteiger partial charge in [-0.05, 0) is 68.4 Å². The zero-order valence-electron chi connectivity index (χ0n) is 19.9. The first-order valence-corrected chi connectivity index (χ1v) is 12.5. The molecule has 2 amide bonds. The summed E-state index contributed by atoms with van der Waals surface area (Å²) >= 11 is 1.56. The highest BCUT2D eigenvalue weighted by Crippen LogP contribution is 2.50. The Morgan fingerprint density at radius 2 is 2.00 bits per heavy atom. The van der Waals surface area contributed by atoms with Gasteiger partial charge in [0.05, 0.1) is 23.0 Å². The summed E-state index contributed by atoms with van der Waals surface area (Å²) < 4.78 is 5.24. The van der Waals surface area contributed by atoms with Gasteiger partial charge < -0.3 is 15.0 Å². The van der Waals surface area contributed by atoms with Crippen LogP contribution in [0.15, 0.2) is 42.5 Å². The number of hydrogen-bond acceptors (Lipinski definition) is 5. The van der Waals surface area contributed by atoms with E-state index in [1.54, 1.807) is 30.6 Å². The Morgan fingerprint density at radius 1 is 1.18 bits per heavy atom. The number of fused-ring (bicyclic) bond motifs is 1. The van der Waals surface area contributed by atoms with Gasteiger partial charge in [-0.3, -0.25) is 9.59 Å². The van der Waals surface area contributed by atoms with E-state index in [2.05, 4.69) is 29.4 Å². The van der Waals surface area contributed by atoms with Crippen LogP contribution < -0.4 is 10.1 Å². The number of likely N-dealkylation sites (tertiary alicyclic amines) is 1. The molecule has 0 bridgehead atoms. The number of amides is 2. The van der Waals surface area contributed by atoms with Crippen LogP contribution in [0.2, 0.25) is 0 Å². The van der Waals surface area contributed by atoms with E-state index < -0.39 is 0 Å². The fraction of sp³-hybridized carbons (Fsp3) is 0.370. The minimum atomic E-state index is -0.124. The molecule has 5 rings (SSSR count). The largest absolute Gasteiger partial charge is 0.497 e. The molecule has 2 aliphatic rings. The fourth-order valence-corrected chi connectivity index (χ4v) is 5.97. The summed E-state index contributed by atoms with van der Waals surface area (Å²) in [4.78, 5) is 34.1. The Morgan fingerprint density at radius 3 is 2.74 bits per heavy atom. The molecule has 1 aliphatic heterocycles. The zero-order valence-corrected chi connectivity index (χ0v) is 20.7. The highest BCUT2D eigenvalue weighted by molar-refractivity contribution is 7.15. The molecule has 3 aromatic rings. The third kappa shape index (κ3) is 4.20. The van der Waals surface area contributed by atoms with Crippen molar-refractivity contribution in [1.29, 1.82) is 0 Å². The first-order chi connectivity index (χ1) is 16.4. The molecule has 0 unspecified atom stereocenters. The standard InChI is InChI=1S/C27H29N3O3S/c1-15-6-5-7-18(10-15)25-24(29-17(3)34-25)27(32)30-14-19-12-22(19)23(30)13-28-26(31)21-9-8-20(33-4)11-16(21)2/h5-11,19,22-23H,12-14H2,1-4H3,(H,28,31)/t19-,22-,23+/m0/s1. The van der Waals surface area contributed by atoms with Crippen LogP contribution >= 0.6 is 11.3 Å². The number of carbonyl (C=O) groups is 2. The van der Waals surface area contributed by atoms with Gasteiger partial charge >= 0.3 is 0 Å². The number of ether oxygens (including phenoxy) is 1. The van der Waals surface area contributed by atoms with Gasteiger partial charge in [0.1, 0.15) is 11.4 Å². The molecule has 176 valence electrons. The van der Waals surface area contributed by atoms with Crippen molar-refractivity contribution in [2.75, 3.05) is 20.2 Å². The summed E-state index contributed by atoms with van der Waals surface area (Å²) in [5.41, 5.74) is 4.19. The lowest BCUT2D eigenvalue weighted by Gasteiger charge is -2.27. The fourth-order valence-electron chi connectivity index (χ4n) is 5.07. The number of piperidine rings is 1. The molecule has 3 atom stereocenters. The molecule has 6 nitrogen and oxygen atoms in total. The van der Waals surface area contributed by atoms with E-state index in [1.165, 1.54) is 0 Å². The third-order valence-electron chi connectivity index (χ3n) is 6.93. The van der Waals surface area contributed by atoms with Crippen molar-refractivity contribution in [3.63, 3.8) is 0 Å². The SMILES string of the molecule is COc1ccc(C(=O)NC[C@@H]2[C@H]3C[C@H]3CN2C(=O)c2nc(C)sc2-c2cccc(C)c2)c(C)c1. The number of carbonyl (C=O) groups excluding carboxylic acids is 2. The Kier molecular flexibility index (Phi) is 5.90. The predicted octanol–water partition coefficient (Wildman–Crippen LogP) is 4.63. The van der Waals surface area contributed by atoms with E-state index in [9.17, 15) is 9.59 Å². The van der Waals surface area contributed by atoms with Crippen LogP contribution in [-0.4, -0.2) is 47.9 Å². The van der Waals surface area contributed by atoms with E-state index in [-0.39, 0.29) is 17.9 Å². The first-order valence-electron chi connectivity index (χ1n) is 11.6. The minimum absolute atomic E-state index is 0.00706. The maximum Gasteiger partial charge on any atom is 0.274 e. The molecule has 0 radical (unpaired) electrons.